The molecule has 0 aliphatic carbocycles. The van der Waals surface area contributed by atoms with Crippen LogP contribution in [0.25, 0.3) is 0 Å². The molecule has 0 aromatic heterocycles. The smallest absolute Gasteiger partial charge is 0.216 e. The summed E-state index contributed by atoms with van der Waals surface area (Å²) in [5.41, 5.74) is 0.308. The minimum Gasteiger partial charge on any atom is -0.598 e. The maximum Gasteiger partial charge on any atom is 0.216 e. The monoisotopic (exact) mass is 590 g/mol. The van der Waals surface area contributed by atoms with E-state index in [2.05, 4.69) is 4.72 Å². The molecule has 1 N–H and O–H groups in total. The molecule has 2 unspecified atom stereocenters. The number of rotatable bonds is 14. The van der Waals surface area contributed by atoms with Crippen LogP contribution in [0.15, 0.2) is 78.9 Å². The Balaban J connectivity index is 1.95. The molecule has 0 radical (unpaired) electrons. The van der Waals surface area contributed by atoms with Gasteiger partial charge in [0.1, 0.15) is 21.9 Å². The third-order valence-electron chi connectivity index (χ3n) is 6.49. The zero-order valence-corrected chi connectivity index (χ0v) is 25.4. The Hall–Kier alpha value is -2.47. The second kappa shape index (κ2) is 13.9. The van der Waals surface area contributed by atoms with E-state index >= 15 is 4.39 Å². The minimum atomic E-state index is -3.99. The van der Waals surface area contributed by atoms with Crippen molar-refractivity contribution in [3.63, 3.8) is 0 Å². The van der Waals surface area contributed by atoms with Crippen molar-refractivity contribution in [3.8, 4) is 5.75 Å². The van der Waals surface area contributed by atoms with Crippen LogP contribution in [0.3, 0.4) is 0 Å². The van der Waals surface area contributed by atoms with E-state index in [0.29, 0.717) is 12.4 Å². The van der Waals surface area contributed by atoms with E-state index in [1.807, 2.05) is 30.3 Å². The molecular formula is C30H39FN2O5S2. The van der Waals surface area contributed by atoms with E-state index in [9.17, 15) is 13.0 Å². The Morgan fingerprint density at radius 2 is 1.57 bits per heavy atom. The van der Waals surface area contributed by atoms with E-state index in [1.165, 1.54) is 17.4 Å². The Labute approximate surface area is 241 Å². The summed E-state index contributed by atoms with van der Waals surface area (Å²) in [5.74, 6) is -0.446. The number of sulfonamides is 1. The highest BCUT2D eigenvalue weighted by Gasteiger charge is 2.46. The first kappa shape index (κ1) is 32.0. The molecule has 0 aliphatic heterocycles. The number of hydrogen-bond acceptors (Lipinski definition) is 6. The number of benzene rings is 3. The van der Waals surface area contributed by atoms with Crippen LogP contribution in [-0.4, -0.2) is 48.5 Å². The van der Waals surface area contributed by atoms with Gasteiger partial charge >= 0.3 is 0 Å². The summed E-state index contributed by atoms with van der Waals surface area (Å²) >= 11 is -1.72. The first-order valence-electron chi connectivity index (χ1n) is 13.0. The second-order valence-electron chi connectivity index (χ2n) is 10.7. The van der Waals surface area contributed by atoms with Gasteiger partial charge in [0.2, 0.25) is 10.0 Å². The predicted octanol–water partition coefficient (Wildman–Crippen LogP) is 5.15. The lowest BCUT2D eigenvalue weighted by Crippen LogP contribution is -2.56. The summed E-state index contributed by atoms with van der Waals surface area (Å²) in [6, 6.07) is 22.7. The van der Waals surface area contributed by atoms with Crippen LogP contribution in [0.4, 0.5) is 4.39 Å². The van der Waals surface area contributed by atoms with E-state index in [0.717, 1.165) is 11.1 Å². The van der Waals surface area contributed by atoms with Gasteiger partial charge in [0, 0.05) is 37.1 Å². The fraction of sp³-hybridized carbons (Fsp3) is 0.400. The van der Waals surface area contributed by atoms with Crippen molar-refractivity contribution in [1.82, 2.24) is 9.03 Å². The lowest BCUT2D eigenvalue weighted by Gasteiger charge is -2.38. The van der Waals surface area contributed by atoms with Crippen molar-refractivity contribution in [2.75, 3.05) is 26.5 Å². The molecule has 218 valence electrons. The van der Waals surface area contributed by atoms with E-state index < -0.39 is 43.2 Å². The molecule has 3 aromatic rings. The van der Waals surface area contributed by atoms with E-state index in [1.54, 1.807) is 70.3 Å². The first-order chi connectivity index (χ1) is 18.9. The number of halogens is 1. The van der Waals surface area contributed by atoms with Crippen molar-refractivity contribution in [1.29, 1.82) is 0 Å². The first-order valence-corrected chi connectivity index (χ1v) is 15.8. The number of nitrogens with zero attached hydrogens (tertiary/aromatic N) is 1. The predicted molar refractivity (Wildman–Crippen MR) is 158 cm³/mol. The molecule has 0 saturated heterocycles. The highest BCUT2D eigenvalue weighted by molar-refractivity contribution is 7.91. The zero-order chi connectivity index (χ0) is 29.4. The molecule has 0 amide bonds. The summed E-state index contributed by atoms with van der Waals surface area (Å²) < 4.78 is 71.2. The summed E-state index contributed by atoms with van der Waals surface area (Å²) in [6.07, 6.45) is 0.0677. The fourth-order valence-corrected chi connectivity index (χ4v) is 6.72. The van der Waals surface area contributed by atoms with Crippen molar-refractivity contribution in [2.45, 2.75) is 50.6 Å². The van der Waals surface area contributed by atoms with Gasteiger partial charge in [-0.1, -0.05) is 60.7 Å². The Bertz CT molecular complexity index is 1320. The van der Waals surface area contributed by atoms with Crippen molar-refractivity contribution in [3.05, 3.63) is 101 Å². The van der Waals surface area contributed by atoms with E-state index in [-0.39, 0.29) is 25.1 Å². The molecule has 0 aliphatic rings. The quantitative estimate of drug-likeness (QED) is 0.206. The van der Waals surface area contributed by atoms with Gasteiger partial charge in [-0.25, -0.2) is 17.1 Å². The number of methoxy groups -OCH3 is 1. The second-order valence-corrected chi connectivity index (χ2v) is 14.7. The van der Waals surface area contributed by atoms with Crippen molar-refractivity contribution >= 4 is 21.4 Å². The standard InChI is InChI=1S/C30H39FN2O5S2/c1-29(2,3)39(34)32-30(27-13-9-10-14-28(27)31,19-20-38-22-25-11-7-6-8-12-25)23-40(35,36)33(4)21-24-15-17-26(37-5)18-16-24/h6-18,32H,19-23H2,1-5H3. The molecule has 3 rings (SSSR count). The highest BCUT2D eigenvalue weighted by Crippen LogP contribution is 2.33. The van der Waals surface area contributed by atoms with Crippen LogP contribution in [0.1, 0.15) is 43.9 Å². The van der Waals surface area contributed by atoms with Gasteiger partial charge in [0.05, 0.1) is 19.5 Å². The van der Waals surface area contributed by atoms with Gasteiger partial charge in [-0.3, -0.25) is 0 Å². The van der Waals surface area contributed by atoms with Crippen molar-refractivity contribution in [2.24, 2.45) is 0 Å². The third-order valence-corrected chi connectivity index (χ3v) is 10.1. The summed E-state index contributed by atoms with van der Waals surface area (Å²) in [6.45, 7) is 5.85. The Morgan fingerprint density at radius 3 is 2.17 bits per heavy atom. The molecule has 3 aromatic carbocycles. The number of hydrogen-bond donors (Lipinski definition) is 1. The summed E-state index contributed by atoms with van der Waals surface area (Å²) in [5, 5.41) is 0. The lowest BCUT2D eigenvalue weighted by atomic mass is 9.89. The fourth-order valence-electron chi connectivity index (χ4n) is 4.12. The van der Waals surface area contributed by atoms with Gasteiger partial charge in [-0.05, 0) is 56.5 Å². The van der Waals surface area contributed by atoms with Crippen LogP contribution < -0.4 is 9.46 Å². The maximum absolute atomic E-state index is 15.4. The normalized spacial score (nSPS) is 14.6. The molecule has 40 heavy (non-hydrogen) atoms. The molecular weight excluding hydrogens is 551 g/mol. The topological polar surface area (TPSA) is 90.9 Å². The van der Waals surface area contributed by atoms with Crippen LogP contribution in [0.2, 0.25) is 0 Å². The average molecular weight is 591 g/mol. The lowest BCUT2D eigenvalue weighted by molar-refractivity contribution is 0.101. The van der Waals surface area contributed by atoms with Gasteiger partial charge < -0.3 is 14.0 Å². The van der Waals surface area contributed by atoms with Gasteiger partial charge in [0.15, 0.2) is 0 Å². The molecule has 7 nitrogen and oxygen atoms in total. The molecule has 0 fully saturated rings. The molecule has 0 bridgehead atoms. The van der Waals surface area contributed by atoms with Crippen LogP contribution in [0, 0.1) is 5.82 Å². The van der Waals surface area contributed by atoms with Crippen LogP contribution in [-0.2, 0) is 44.8 Å². The minimum absolute atomic E-state index is 0.0677. The third kappa shape index (κ3) is 8.76. The highest BCUT2D eigenvalue weighted by atomic mass is 32.2. The molecule has 0 heterocycles. The van der Waals surface area contributed by atoms with E-state index in [4.69, 9.17) is 9.47 Å². The molecule has 0 spiro atoms. The SMILES string of the molecule is COc1ccc(CN(C)S(=O)(=O)CC(CCOCc2ccccc2)(N[S+]([O-])C(C)(C)C)c2ccccc2F)cc1. The van der Waals surface area contributed by atoms with Crippen LogP contribution >= 0.6 is 0 Å². The maximum atomic E-state index is 15.4. The van der Waals surface area contributed by atoms with Gasteiger partial charge in [-0.15, -0.1) is 4.72 Å². The molecule has 10 heteroatoms. The zero-order valence-electron chi connectivity index (χ0n) is 23.7. The molecule has 2 atom stereocenters. The number of nitrogens with one attached hydrogen (secondary N) is 1. The van der Waals surface area contributed by atoms with Crippen molar-refractivity contribution < 1.29 is 26.8 Å². The Morgan fingerprint density at radius 1 is 0.950 bits per heavy atom. The largest absolute Gasteiger partial charge is 0.598 e. The van der Waals surface area contributed by atoms with Gasteiger partial charge in [0.25, 0.3) is 0 Å². The summed E-state index contributed by atoms with van der Waals surface area (Å²) in [4.78, 5) is 0. The molecule has 0 saturated carbocycles. The van der Waals surface area contributed by atoms with Crippen LogP contribution in [0.5, 0.6) is 5.75 Å². The summed E-state index contributed by atoms with van der Waals surface area (Å²) in [7, 11) is -0.948. The average Bonchev–Trinajstić information content (AvgIpc) is 2.91. The number of ether oxygens (including phenoxy) is 2. The Kier molecular flexibility index (Phi) is 11.2. The van der Waals surface area contributed by atoms with Gasteiger partial charge in [-0.2, -0.15) is 0 Å².